The fourth-order valence-corrected chi connectivity index (χ4v) is 4.44. The lowest BCUT2D eigenvalue weighted by Crippen LogP contribution is -2.22. The van der Waals surface area contributed by atoms with E-state index in [2.05, 4.69) is 54.0 Å². The first-order valence-electron chi connectivity index (χ1n) is 8.28. The third-order valence-corrected chi connectivity index (χ3v) is 5.77. The average Bonchev–Trinajstić information content (AvgIpc) is 3.05. The summed E-state index contributed by atoms with van der Waals surface area (Å²) in [5, 5.41) is 5.24. The van der Waals surface area contributed by atoms with E-state index in [0.717, 1.165) is 28.1 Å². The normalized spacial score (nSPS) is 16.2. The minimum Gasteiger partial charge on any atom is -0.497 e. The maximum absolute atomic E-state index is 12.3. The smallest absolute Gasteiger partial charge is 0.225 e. The summed E-state index contributed by atoms with van der Waals surface area (Å²) < 4.78 is 5.24. The zero-order valence-electron chi connectivity index (χ0n) is 14.2. The molecule has 0 saturated carbocycles. The van der Waals surface area contributed by atoms with E-state index in [-0.39, 0.29) is 11.8 Å². The standard InChI is InChI=1S/C21H19NO2S/c1-13-3-5-15(6-4-13)18-12-25-21-17(11-19(23)22-20(18)21)14-7-9-16(24-2)10-8-14/h3-10,12,17H,11H2,1-2H3,(H,22,23)/t17-/m1/s1. The molecule has 1 amide bonds. The van der Waals surface area contributed by atoms with Crippen molar-refractivity contribution in [2.24, 2.45) is 0 Å². The Morgan fingerprint density at radius 2 is 1.80 bits per heavy atom. The van der Waals surface area contributed by atoms with Crippen molar-refractivity contribution in [2.75, 3.05) is 12.4 Å². The van der Waals surface area contributed by atoms with Crippen LogP contribution in [-0.2, 0) is 4.79 Å². The topological polar surface area (TPSA) is 38.3 Å². The molecule has 4 rings (SSSR count). The van der Waals surface area contributed by atoms with Crippen LogP contribution >= 0.6 is 11.3 Å². The molecule has 0 saturated heterocycles. The molecule has 4 heteroatoms. The summed E-state index contributed by atoms with van der Waals surface area (Å²) in [4.78, 5) is 13.6. The highest BCUT2D eigenvalue weighted by Gasteiger charge is 2.30. The van der Waals surface area contributed by atoms with Gasteiger partial charge in [0.1, 0.15) is 5.75 Å². The van der Waals surface area contributed by atoms with Crippen LogP contribution in [0.15, 0.2) is 53.9 Å². The molecular weight excluding hydrogens is 330 g/mol. The Balaban J connectivity index is 1.76. The summed E-state index contributed by atoms with van der Waals surface area (Å²) >= 11 is 1.72. The molecule has 126 valence electrons. The number of thiophene rings is 1. The predicted molar refractivity (Wildman–Crippen MR) is 103 cm³/mol. The fourth-order valence-electron chi connectivity index (χ4n) is 3.28. The van der Waals surface area contributed by atoms with Crippen LogP contribution < -0.4 is 10.1 Å². The van der Waals surface area contributed by atoms with E-state index in [4.69, 9.17) is 4.74 Å². The molecular formula is C21H19NO2S. The van der Waals surface area contributed by atoms with E-state index < -0.39 is 0 Å². The SMILES string of the molecule is COc1ccc([C@H]2CC(=O)Nc3c(-c4ccc(C)cc4)csc32)cc1. The summed E-state index contributed by atoms with van der Waals surface area (Å²) in [5.74, 6) is 0.995. The van der Waals surface area contributed by atoms with Crippen LogP contribution in [0.4, 0.5) is 5.69 Å². The van der Waals surface area contributed by atoms with Gasteiger partial charge >= 0.3 is 0 Å². The molecule has 25 heavy (non-hydrogen) atoms. The highest BCUT2D eigenvalue weighted by molar-refractivity contribution is 7.11. The number of hydrogen-bond donors (Lipinski definition) is 1. The molecule has 1 aliphatic heterocycles. The second-order valence-corrected chi connectivity index (χ2v) is 7.24. The molecule has 1 aromatic heterocycles. The van der Waals surface area contributed by atoms with Crippen LogP contribution in [-0.4, -0.2) is 13.0 Å². The summed E-state index contributed by atoms with van der Waals surface area (Å²) in [6.45, 7) is 2.08. The maximum atomic E-state index is 12.3. The molecule has 0 unspecified atom stereocenters. The number of carbonyl (C=O) groups excluding carboxylic acids is 1. The van der Waals surface area contributed by atoms with Gasteiger partial charge in [-0.25, -0.2) is 0 Å². The molecule has 0 bridgehead atoms. The van der Waals surface area contributed by atoms with Gasteiger partial charge in [-0.15, -0.1) is 11.3 Å². The lowest BCUT2D eigenvalue weighted by Gasteiger charge is -2.24. The van der Waals surface area contributed by atoms with Crippen molar-refractivity contribution in [1.29, 1.82) is 0 Å². The van der Waals surface area contributed by atoms with Crippen LogP contribution in [0, 0.1) is 6.92 Å². The predicted octanol–water partition coefficient (Wildman–Crippen LogP) is 5.21. The second kappa shape index (κ2) is 6.37. The molecule has 3 nitrogen and oxygen atoms in total. The Hall–Kier alpha value is -2.59. The Labute approximate surface area is 151 Å². The number of rotatable bonds is 3. The van der Waals surface area contributed by atoms with Crippen molar-refractivity contribution in [3.05, 3.63) is 69.9 Å². The first-order valence-corrected chi connectivity index (χ1v) is 9.16. The number of methoxy groups -OCH3 is 1. The van der Waals surface area contributed by atoms with Crippen molar-refractivity contribution in [3.63, 3.8) is 0 Å². The van der Waals surface area contributed by atoms with Crippen molar-refractivity contribution >= 4 is 22.9 Å². The van der Waals surface area contributed by atoms with Crippen LogP contribution in [0.3, 0.4) is 0 Å². The molecule has 2 heterocycles. The first-order chi connectivity index (χ1) is 12.2. The molecule has 2 aromatic carbocycles. The van der Waals surface area contributed by atoms with E-state index in [9.17, 15) is 4.79 Å². The molecule has 0 spiro atoms. The summed E-state index contributed by atoms with van der Waals surface area (Å²) in [5.41, 5.74) is 5.58. The summed E-state index contributed by atoms with van der Waals surface area (Å²) in [6.07, 6.45) is 0.479. The number of nitrogens with one attached hydrogen (secondary N) is 1. The monoisotopic (exact) mass is 349 g/mol. The Morgan fingerprint density at radius 3 is 2.48 bits per heavy atom. The van der Waals surface area contributed by atoms with Gasteiger partial charge in [0.05, 0.1) is 12.8 Å². The average molecular weight is 349 g/mol. The van der Waals surface area contributed by atoms with Gasteiger partial charge in [-0.3, -0.25) is 4.79 Å². The third kappa shape index (κ3) is 2.94. The largest absolute Gasteiger partial charge is 0.497 e. The second-order valence-electron chi connectivity index (χ2n) is 6.33. The van der Waals surface area contributed by atoms with Gasteiger partial charge in [0.2, 0.25) is 5.91 Å². The molecule has 0 radical (unpaired) electrons. The van der Waals surface area contributed by atoms with Crippen molar-refractivity contribution in [2.45, 2.75) is 19.3 Å². The van der Waals surface area contributed by atoms with Gasteiger partial charge in [-0.1, -0.05) is 42.0 Å². The number of benzene rings is 2. The minimum absolute atomic E-state index is 0.0695. The summed E-state index contributed by atoms with van der Waals surface area (Å²) in [7, 11) is 1.66. The molecule has 3 aromatic rings. The Kier molecular flexibility index (Phi) is 4.06. The highest BCUT2D eigenvalue weighted by Crippen LogP contribution is 2.46. The number of ether oxygens (including phenoxy) is 1. The number of carbonyl (C=O) groups is 1. The van der Waals surface area contributed by atoms with Gasteiger partial charge in [0.15, 0.2) is 0 Å². The molecule has 0 aliphatic carbocycles. The zero-order chi connectivity index (χ0) is 17.4. The van der Waals surface area contributed by atoms with Crippen LogP contribution in [0.25, 0.3) is 11.1 Å². The molecule has 1 atom stereocenters. The lowest BCUT2D eigenvalue weighted by atomic mass is 9.89. The molecule has 1 N–H and O–H groups in total. The van der Waals surface area contributed by atoms with E-state index in [1.54, 1.807) is 18.4 Å². The number of anilines is 1. The lowest BCUT2D eigenvalue weighted by molar-refractivity contribution is -0.116. The fraction of sp³-hybridized carbons (Fsp3) is 0.190. The Bertz CT molecular complexity index is 910. The van der Waals surface area contributed by atoms with Crippen LogP contribution in [0.1, 0.15) is 28.3 Å². The zero-order valence-corrected chi connectivity index (χ0v) is 15.0. The number of fused-ring (bicyclic) bond motifs is 1. The number of amides is 1. The van der Waals surface area contributed by atoms with E-state index >= 15 is 0 Å². The third-order valence-electron chi connectivity index (χ3n) is 4.67. The van der Waals surface area contributed by atoms with Gasteiger partial charge in [-0.2, -0.15) is 0 Å². The number of aryl methyl sites for hydroxylation is 1. The maximum Gasteiger partial charge on any atom is 0.225 e. The molecule has 0 fully saturated rings. The van der Waals surface area contributed by atoms with Crippen molar-refractivity contribution in [3.8, 4) is 16.9 Å². The van der Waals surface area contributed by atoms with Gasteiger partial charge in [0.25, 0.3) is 0 Å². The van der Waals surface area contributed by atoms with Crippen LogP contribution in [0.5, 0.6) is 5.75 Å². The highest BCUT2D eigenvalue weighted by atomic mass is 32.1. The van der Waals surface area contributed by atoms with E-state index in [1.807, 2.05) is 12.1 Å². The van der Waals surface area contributed by atoms with Gasteiger partial charge in [-0.05, 0) is 30.2 Å². The quantitative estimate of drug-likeness (QED) is 0.705. The van der Waals surface area contributed by atoms with Crippen molar-refractivity contribution < 1.29 is 9.53 Å². The van der Waals surface area contributed by atoms with Crippen molar-refractivity contribution in [1.82, 2.24) is 0 Å². The summed E-state index contributed by atoms with van der Waals surface area (Å²) in [6, 6.07) is 16.4. The first kappa shape index (κ1) is 15.9. The van der Waals surface area contributed by atoms with Crippen LogP contribution in [0.2, 0.25) is 0 Å². The van der Waals surface area contributed by atoms with E-state index in [1.165, 1.54) is 10.4 Å². The minimum atomic E-state index is 0.0695. The number of hydrogen-bond acceptors (Lipinski definition) is 3. The Morgan fingerprint density at radius 1 is 1.08 bits per heavy atom. The van der Waals surface area contributed by atoms with Gasteiger partial charge < -0.3 is 10.1 Å². The molecule has 1 aliphatic rings. The van der Waals surface area contributed by atoms with E-state index in [0.29, 0.717) is 6.42 Å². The van der Waals surface area contributed by atoms with Gasteiger partial charge in [0, 0.05) is 28.2 Å².